The van der Waals surface area contributed by atoms with E-state index in [0.717, 1.165) is 19.4 Å². The van der Waals surface area contributed by atoms with Crippen LogP contribution >= 0.6 is 0 Å². The van der Waals surface area contributed by atoms with E-state index < -0.39 is 9.84 Å². The van der Waals surface area contributed by atoms with E-state index >= 15 is 0 Å². The third kappa shape index (κ3) is 3.06. The van der Waals surface area contributed by atoms with E-state index in [0.29, 0.717) is 23.2 Å². The van der Waals surface area contributed by atoms with Gasteiger partial charge in [-0.05, 0) is 30.9 Å². The lowest BCUT2D eigenvalue weighted by Crippen LogP contribution is -2.47. The van der Waals surface area contributed by atoms with E-state index in [4.69, 9.17) is 5.73 Å². The molecule has 2 rings (SSSR count). The highest BCUT2D eigenvalue weighted by atomic mass is 32.2. The highest BCUT2D eigenvalue weighted by Crippen LogP contribution is 2.30. The number of nitrogens with zero attached hydrogens (tertiary/aromatic N) is 2. The van der Waals surface area contributed by atoms with Crippen LogP contribution in [0.5, 0.6) is 0 Å². The number of hydrogen-bond donors (Lipinski definition) is 1. The predicted molar refractivity (Wildman–Crippen MR) is 75.9 cm³/mol. The Balaban J connectivity index is 2.41. The Morgan fingerprint density at radius 1 is 1.53 bits per heavy atom. The molecule has 2 unspecified atom stereocenters. The first kappa shape index (κ1) is 14.3. The molecule has 0 aliphatic carbocycles. The summed E-state index contributed by atoms with van der Waals surface area (Å²) < 4.78 is 23.7. The van der Waals surface area contributed by atoms with E-state index in [9.17, 15) is 8.42 Å². The molecule has 106 valence electrons. The SMILES string of the molecule is CC1CCN(c2ncccc2S(C)(=O)=O)C(CN)C1. The molecule has 2 N–H and O–H groups in total. The van der Waals surface area contributed by atoms with Crippen LogP contribution in [0.25, 0.3) is 0 Å². The topological polar surface area (TPSA) is 76.3 Å². The van der Waals surface area contributed by atoms with Crippen molar-refractivity contribution < 1.29 is 8.42 Å². The van der Waals surface area contributed by atoms with E-state index in [1.807, 2.05) is 0 Å². The molecule has 5 nitrogen and oxygen atoms in total. The Kier molecular flexibility index (Phi) is 4.10. The van der Waals surface area contributed by atoms with Gasteiger partial charge in [-0.15, -0.1) is 0 Å². The number of pyridine rings is 1. The maximum absolute atomic E-state index is 11.9. The normalized spacial score (nSPS) is 24.5. The molecule has 1 aromatic rings. The van der Waals surface area contributed by atoms with Crippen molar-refractivity contribution in [1.82, 2.24) is 4.98 Å². The monoisotopic (exact) mass is 283 g/mol. The van der Waals surface area contributed by atoms with Gasteiger partial charge in [-0.1, -0.05) is 6.92 Å². The van der Waals surface area contributed by atoms with E-state index in [1.54, 1.807) is 18.3 Å². The Labute approximate surface area is 114 Å². The number of aromatic nitrogens is 1. The summed E-state index contributed by atoms with van der Waals surface area (Å²) in [6.45, 7) is 3.53. The molecule has 6 heteroatoms. The van der Waals surface area contributed by atoms with E-state index in [2.05, 4.69) is 16.8 Å². The van der Waals surface area contributed by atoms with Crippen molar-refractivity contribution in [1.29, 1.82) is 0 Å². The van der Waals surface area contributed by atoms with Gasteiger partial charge in [-0.3, -0.25) is 0 Å². The first-order valence-electron chi connectivity index (χ1n) is 6.55. The Morgan fingerprint density at radius 3 is 2.89 bits per heavy atom. The molecule has 2 heterocycles. The molecule has 1 aliphatic heterocycles. The van der Waals surface area contributed by atoms with Gasteiger partial charge in [0, 0.05) is 31.6 Å². The summed E-state index contributed by atoms with van der Waals surface area (Å²) in [5.74, 6) is 1.17. The lowest BCUT2D eigenvalue weighted by molar-refractivity contribution is 0.363. The largest absolute Gasteiger partial charge is 0.351 e. The van der Waals surface area contributed by atoms with Crippen LogP contribution in [-0.2, 0) is 9.84 Å². The molecule has 0 bridgehead atoms. The molecule has 1 aromatic heterocycles. The fraction of sp³-hybridized carbons (Fsp3) is 0.615. The van der Waals surface area contributed by atoms with Crippen LogP contribution in [0.15, 0.2) is 23.2 Å². The maximum Gasteiger partial charge on any atom is 0.179 e. The van der Waals surface area contributed by atoms with Crippen molar-refractivity contribution in [2.24, 2.45) is 11.7 Å². The number of anilines is 1. The molecule has 0 amide bonds. The van der Waals surface area contributed by atoms with E-state index in [-0.39, 0.29) is 6.04 Å². The number of nitrogens with two attached hydrogens (primary N) is 1. The number of sulfone groups is 1. The molecule has 1 saturated heterocycles. The first-order valence-corrected chi connectivity index (χ1v) is 8.44. The van der Waals surface area contributed by atoms with Crippen LogP contribution in [0.3, 0.4) is 0 Å². The second kappa shape index (κ2) is 5.46. The average Bonchev–Trinajstić information content (AvgIpc) is 2.37. The molecule has 19 heavy (non-hydrogen) atoms. The Bertz CT molecular complexity index is 545. The van der Waals surface area contributed by atoms with Crippen LogP contribution < -0.4 is 10.6 Å². The first-order chi connectivity index (χ1) is 8.93. The summed E-state index contributed by atoms with van der Waals surface area (Å²) in [4.78, 5) is 6.63. The van der Waals surface area contributed by atoms with Gasteiger partial charge in [0.1, 0.15) is 10.7 Å². The van der Waals surface area contributed by atoms with Crippen molar-refractivity contribution in [2.45, 2.75) is 30.7 Å². The second-order valence-electron chi connectivity index (χ2n) is 5.31. The van der Waals surface area contributed by atoms with Crippen LogP contribution in [0.2, 0.25) is 0 Å². The predicted octanol–water partition coefficient (Wildman–Crippen LogP) is 1.05. The average molecular weight is 283 g/mol. The molecule has 1 aliphatic rings. The summed E-state index contributed by atoms with van der Waals surface area (Å²) >= 11 is 0. The summed E-state index contributed by atoms with van der Waals surface area (Å²) in [5.41, 5.74) is 5.83. The highest BCUT2D eigenvalue weighted by molar-refractivity contribution is 7.90. The fourth-order valence-corrected chi connectivity index (χ4v) is 3.47. The number of rotatable bonds is 3. The van der Waals surface area contributed by atoms with Gasteiger partial charge in [0.2, 0.25) is 0 Å². The minimum Gasteiger partial charge on any atom is -0.351 e. The summed E-state index contributed by atoms with van der Waals surface area (Å²) in [7, 11) is -3.27. The zero-order valence-electron chi connectivity index (χ0n) is 11.4. The van der Waals surface area contributed by atoms with Gasteiger partial charge in [-0.25, -0.2) is 13.4 Å². The van der Waals surface area contributed by atoms with Crippen molar-refractivity contribution in [3.05, 3.63) is 18.3 Å². The van der Waals surface area contributed by atoms with Gasteiger partial charge in [0.05, 0.1) is 0 Å². The number of hydrogen-bond acceptors (Lipinski definition) is 5. The summed E-state index contributed by atoms with van der Waals surface area (Å²) in [6, 6.07) is 3.44. The smallest absolute Gasteiger partial charge is 0.179 e. The zero-order valence-corrected chi connectivity index (χ0v) is 12.2. The van der Waals surface area contributed by atoms with Crippen molar-refractivity contribution in [3.63, 3.8) is 0 Å². The van der Waals surface area contributed by atoms with Crippen LogP contribution in [0.4, 0.5) is 5.82 Å². The Morgan fingerprint density at radius 2 is 2.26 bits per heavy atom. The molecule has 0 spiro atoms. The van der Waals surface area contributed by atoms with Gasteiger partial charge < -0.3 is 10.6 Å². The third-order valence-corrected chi connectivity index (χ3v) is 4.79. The van der Waals surface area contributed by atoms with Crippen LogP contribution in [0.1, 0.15) is 19.8 Å². The van der Waals surface area contributed by atoms with E-state index in [1.165, 1.54) is 6.26 Å². The highest BCUT2D eigenvalue weighted by Gasteiger charge is 2.29. The molecule has 0 saturated carbocycles. The summed E-state index contributed by atoms with van der Waals surface area (Å²) in [5, 5.41) is 0. The lowest BCUT2D eigenvalue weighted by Gasteiger charge is -2.39. The maximum atomic E-state index is 11.9. The molecule has 0 radical (unpaired) electrons. The van der Waals surface area contributed by atoms with Crippen molar-refractivity contribution >= 4 is 15.7 Å². The lowest BCUT2D eigenvalue weighted by atomic mass is 9.92. The quantitative estimate of drug-likeness (QED) is 0.897. The minimum atomic E-state index is -3.27. The third-order valence-electron chi connectivity index (χ3n) is 3.67. The molecule has 1 fully saturated rings. The second-order valence-corrected chi connectivity index (χ2v) is 7.29. The van der Waals surface area contributed by atoms with Crippen molar-refractivity contribution in [3.8, 4) is 0 Å². The summed E-state index contributed by atoms with van der Waals surface area (Å²) in [6.07, 6.45) is 4.87. The molecule has 2 atom stereocenters. The van der Waals surface area contributed by atoms with Gasteiger partial charge in [0.25, 0.3) is 0 Å². The fourth-order valence-electron chi connectivity index (χ4n) is 2.64. The van der Waals surface area contributed by atoms with Crippen LogP contribution in [-0.4, -0.2) is 38.8 Å². The van der Waals surface area contributed by atoms with Crippen molar-refractivity contribution in [2.75, 3.05) is 24.2 Å². The van der Waals surface area contributed by atoms with Crippen LogP contribution in [0, 0.1) is 5.92 Å². The Hall–Kier alpha value is -1.14. The minimum absolute atomic E-state index is 0.166. The van der Waals surface area contributed by atoms with Gasteiger partial charge in [0.15, 0.2) is 9.84 Å². The molecular formula is C13H21N3O2S. The zero-order chi connectivity index (χ0) is 14.0. The number of piperidine rings is 1. The molecular weight excluding hydrogens is 262 g/mol. The van der Waals surface area contributed by atoms with Gasteiger partial charge >= 0.3 is 0 Å². The molecule has 0 aromatic carbocycles. The van der Waals surface area contributed by atoms with Gasteiger partial charge in [-0.2, -0.15) is 0 Å². The standard InChI is InChI=1S/C13H21N3O2S/c1-10-5-7-16(11(8-10)9-14)13-12(19(2,17)18)4-3-6-15-13/h3-4,6,10-11H,5,7-9,14H2,1-2H3.